The number of hydrogen-bond acceptors (Lipinski definition) is 9. The molecule has 0 bridgehead atoms. The lowest BCUT2D eigenvalue weighted by Gasteiger charge is -2.31. The number of ether oxygens (including phenoxy) is 2. The normalized spacial score (nSPS) is 18.3. The molecule has 2 atom stereocenters. The number of carbonyl (C=O) groups is 1. The summed E-state index contributed by atoms with van der Waals surface area (Å²) >= 11 is 0. The molecule has 2 N–H and O–H groups in total. The zero-order chi connectivity index (χ0) is 27.2. The number of carbonyl (C=O) groups excluding carboxylic acids is 1. The molecular weight excluding hydrogens is 494 g/mol. The largest absolute Gasteiger partial charge is 0.444 e. The van der Waals surface area contributed by atoms with E-state index in [2.05, 4.69) is 45.3 Å². The summed E-state index contributed by atoms with van der Waals surface area (Å²) in [5, 5.41) is 22.3. The molecule has 1 aliphatic carbocycles. The average molecular weight is 534 g/mol. The summed E-state index contributed by atoms with van der Waals surface area (Å²) in [5.41, 5.74) is 0.0694. The number of rotatable bonds is 10. The Bertz CT molecular complexity index is 1080. The van der Waals surface area contributed by atoms with E-state index in [-0.39, 0.29) is 24.5 Å². The van der Waals surface area contributed by atoms with E-state index in [0.29, 0.717) is 30.2 Å². The van der Waals surface area contributed by atoms with E-state index >= 15 is 0 Å². The minimum Gasteiger partial charge on any atom is -0.444 e. The molecule has 0 aromatic carbocycles. The van der Waals surface area contributed by atoms with Crippen LogP contribution >= 0.6 is 0 Å². The minimum atomic E-state index is -1.17. The van der Waals surface area contributed by atoms with Crippen molar-refractivity contribution >= 4 is 25.5 Å². The Morgan fingerprint density at radius 3 is 2.65 bits per heavy atom. The zero-order valence-electron chi connectivity index (χ0n) is 22.6. The highest BCUT2D eigenvalue weighted by atomic mass is 28.3. The summed E-state index contributed by atoms with van der Waals surface area (Å²) in [4.78, 5) is 31.9. The number of anilines is 1. The van der Waals surface area contributed by atoms with Crippen LogP contribution in [0.2, 0.25) is 25.7 Å². The molecule has 0 aliphatic heterocycles. The van der Waals surface area contributed by atoms with Gasteiger partial charge in [-0.3, -0.25) is 10.1 Å². The molecule has 12 nitrogen and oxygen atoms in total. The Kier molecular flexibility index (Phi) is 9.24. The van der Waals surface area contributed by atoms with Gasteiger partial charge in [0.25, 0.3) is 0 Å². The molecule has 0 spiro atoms. The standard InChI is InChI=1S/C24H39N7O5Si/c1-24(2,3)36-23(32)28-18-9-7-8-17(12-18)27-19-13-20(25-14-21(19)31(33)34)22-26-15-30(29-22)16-35-10-11-37(4,5)6/h13-15,17-18H,7-12,16H2,1-6H3,(H,25,27)(H,28,32)/t17-,18+/m1/s1. The van der Waals surface area contributed by atoms with Crippen LogP contribution in [0.5, 0.6) is 0 Å². The second-order valence-corrected chi connectivity index (χ2v) is 17.3. The van der Waals surface area contributed by atoms with Crippen LogP contribution < -0.4 is 10.6 Å². The SMILES string of the molecule is CC(C)(C)OC(=O)N[C@H]1CCC[C@@H](Nc2cc(-c3ncn(COCC[Si](C)(C)C)n3)ncc2[N+](=O)[O-])C1. The van der Waals surface area contributed by atoms with Gasteiger partial charge < -0.3 is 20.1 Å². The molecular formula is C24H39N7O5Si. The van der Waals surface area contributed by atoms with E-state index < -0.39 is 24.7 Å². The fraction of sp³-hybridized carbons (Fsp3) is 0.667. The van der Waals surface area contributed by atoms with Crippen molar-refractivity contribution in [2.24, 2.45) is 0 Å². The topological polar surface area (TPSA) is 146 Å². The van der Waals surface area contributed by atoms with Crippen molar-refractivity contribution in [2.75, 3.05) is 11.9 Å². The smallest absolute Gasteiger partial charge is 0.407 e. The fourth-order valence-electron chi connectivity index (χ4n) is 3.99. The van der Waals surface area contributed by atoms with Gasteiger partial charge in [-0.1, -0.05) is 19.6 Å². The Hall–Kier alpha value is -3.06. The molecule has 0 unspecified atom stereocenters. The molecule has 0 saturated heterocycles. The lowest BCUT2D eigenvalue weighted by atomic mass is 9.91. The quantitative estimate of drug-likeness (QED) is 0.190. The monoisotopic (exact) mass is 533 g/mol. The lowest BCUT2D eigenvalue weighted by Crippen LogP contribution is -2.43. The number of pyridine rings is 1. The van der Waals surface area contributed by atoms with Crippen LogP contribution in [-0.2, 0) is 16.2 Å². The predicted octanol–water partition coefficient (Wildman–Crippen LogP) is 4.81. The maximum atomic E-state index is 12.2. The molecule has 1 amide bonds. The molecule has 13 heteroatoms. The van der Waals surface area contributed by atoms with Crippen molar-refractivity contribution in [3.8, 4) is 11.5 Å². The Labute approximate surface area is 218 Å². The molecule has 37 heavy (non-hydrogen) atoms. The highest BCUT2D eigenvalue weighted by Gasteiger charge is 2.27. The number of aromatic nitrogens is 4. The predicted molar refractivity (Wildman–Crippen MR) is 143 cm³/mol. The molecule has 2 heterocycles. The number of amides is 1. The molecule has 1 aliphatic rings. The van der Waals surface area contributed by atoms with Gasteiger partial charge in [0, 0.05) is 26.8 Å². The van der Waals surface area contributed by atoms with Crippen molar-refractivity contribution in [3.05, 3.63) is 28.7 Å². The first-order valence-corrected chi connectivity index (χ1v) is 16.4. The van der Waals surface area contributed by atoms with E-state index in [1.807, 2.05) is 20.8 Å². The summed E-state index contributed by atoms with van der Waals surface area (Å²) < 4.78 is 12.7. The zero-order valence-corrected chi connectivity index (χ0v) is 23.6. The van der Waals surface area contributed by atoms with Crippen molar-refractivity contribution in [3.63, 3.8) is 0 Å². The number of nitrogens with one attached hydrogen (secondary N) is 2. The van der Waals surface area contributed by atoms with Gasteiger partial charge in [0.15, 0.2) is 5.82 Å². The van der Waals surface area contributed by atoms with Gasteiger partial charge in [-0.15, -0.1) is 5.10 Å². The first-order chi connectivity index (χ1) is 17.3. The molecule has 1 fully saturated rings. The number of alkyl carbamates (subject to hydrolysis) is 1. The minimum absolute atomic E-state index is 0.0621. The van der Waals surface area contributed by atoms with Crippen LogP contribution in [0.25, 0.3) is 11.5 Å². The van der Waals surface area contributed by atoms with E-state index in [9.17, 15) is 14.9 Å². The summed E-state index contributed by atoms with van der Waals surface area (Å²) in [6.45, 7) is 13.3. The third-order valence-corrected chi connectivity index (χ3v) is 7.52. The first-order valence-electron chi connectivity index (χ1n) is 12.7. The second-order valence-electron chi connectivity index (χ2n) is 11.7. The van der Waals surface area contributed by atoms with Crippen molar-refractivity contribution < 1.29 is 19.2 Å². The van der Waals surface area contributed by atoms with Gasteiger partial charge in [0.1, 0.15) is 36.2 Å². The van der Waals surface area contributed by atoms with Gasteiger partial charge >= 0.3 is 11.8 Å². The third kappa shape index (κ3) is 9.39. The van der Waals surface area contributed by atoms with Crippen LogP contribution in [0.1, 0.15) is 46.5 Å². The Balaban J connectivity index is 1.66. The summed E-state index contributed by atoms with van der Waals surface area (Å²) in [5.74, 6) is 0.361. The summed E-state index contributed by atoms with van der Waals surface area (Å²) in [7, 11) is -1.17. The van der Waals surface area contributed by atoms with Crippen LogP contribution in [0.4, 0.5) is 16.2 Å². The van der Waals surface area contributed by atoms with Gasteiger partial charge in [0.2, 0.25) is 0 Å². The molecule has 2 aromatic heterocycles. The van der Waals surface area contributed by atoms with E-state index in [0.717, 1.165) is 25.3 Å². The van der Waals surface area contributed by atoms with Gasteiger partial charge in [-0.05, 0) is 58.6 Å². The molecule has 2 aromatic rings. The van der Waals surface area contributed by atoms with Gasteiger partial charge in [-0.2, -0.15) is 0 Å². The first kappa shape index (κ1) is 28.5. The number of nitro groups is 1. The Morgan fingerprint density at radius 1 is 1.24 bits per heavy atom. The number of hydrogen-bond donors (Lipinski definition) is 2. The van der Waals surface area contributed by atoms with Crippen LogP contribution in [-0.4, -0.2) is 63.1 Å². The van der Waals surface area contributed by atoms with Crippen molar-refractivity contribution in [1.82, 2.24) is 25.1 Å². The number of nitrogens with zero attached hydrogens (tertiary/aromatic N) is 5. The highest BCUT2D eigenvalue weighted by Crippen LogP contribution is 2.30. The summed E-state index contributed by atoms with van der Waals surface area (Å²) in [6.07, 6.45) is 5.46. The molecule has 1 saturated carbocycles. The summed E-state index contributed by atoms with van der Waals surface area (Å²) in [6, 6.07) is 2.52. The lowest BCUT2D eigenvalue weighted by molar-refractivity contribution is -0.384. The highest BCUT2D eigenvalue weighted by molar-refractivity contribution is 6.76. The van der Waals surface area contributed by atoms with E-state index in [1.54, 1.807) is 17.1 Å². The van der Waals surface area contributed by atoms with Crippen molar-refractivity contribution in [2.45, 2.75) is 96.6 Å². The molecule has 204 valence electrons. The van der Waals surface area contributed by atoms with Gasteiger partial charge in [-0.25, -0.2) is 19.4 Å². The van der Waals surface area contributed by atoms with E-state index in [4.69, 9.17) is 9.47 Å². The second kappa shape index (κ2) is 12.0. The Morgan fingerprint density at radius 2 is 1.97 bits per heavy atom. The van der Waals surface area contributed by atoms with E-state index in [1.165, 1.54) is 6.20 Å². The maximum absolute atomic E-state index is 12.2. The van der Waals surface area contributed by atoms with Crippen LogP contribution in [0, 0.1) is 10.1 Å². The molecule has 3 rings (SSSR count). The average Bonchev–Trinajstić information content (AvgIpc) is 3.24. The third-order valence-electron chi connectivity index (χ3n) is 5.82. The van der Waals surface area contributed by atoms with Gasteiger partial charge in [0.05, 0.1) is 4.92 Å². The van der Waals surface area contributed by atoms with Crippen molar-refractivity contribution in [1.29, 1.82) is 0 Å². The molecule has 0 radical (unpaired) electrons. The maximum Gasteiger partial charge on any atom is 0.407 e. The fourth-order valence-corrected chi connectivity index (χ4v) is 4.75. The van der Waals surface area contributed by atoms with Crippen LogP contribution in [0.3, 0.4) is 0 Å². The van der Waals surface area contributed by atoms with Crippen LogP contribution in [0.15, 0.2) is 18.6 Å².